The Morgan fingerprint density at radius 1 is 1.32 bits per heavy atom. The highest BCUT2D eigenvalue weighted by molar-refractivity contribution is 7.92. The van der Waals surface area contributed by atoms with Crippen molar-refractivity contribution in [2.24, 2.45) is 0 Å². The lowest BCUT2D eigenvalue weighted by molar-refractivity contribution is -0.121. The molecule has 1 aliphatic rings. The summed E-state index contributed by atoms with van der Waals surface area (Å²) in [4.78, 5) is 12.1. The Balaban J connectivity index is 1.98. The van der Waals surface area contributed by atoms with E-state index in [0.717, 1.165) is 15.3 Å². The molecular weight excluding hydrogens is 364 g/mol. The van der Waals surface area contributed by atoms with Crippen molar-refractivity contribution in [1.82, 2.24) is 9.62 Å². The Hall–Kier alpha value is -1.71. The predicted molar refractivity (Wildman–Crippen MR) is 96.8 cm³/mol. The third-order valence-electron chi connectivity index (χ3n) is 3.86. The summed E-state index contributed by atoms with van der Waals surface area (Å²) < 4.78 is 48.6. The number of nitrogens with one attached hydrogen (secondary N) is 1. The number of sulfonamides is 1. The first-order valence-electron chi connectivity index (χ1n) is 7.95. The first kappa shape index (κ1) is 19.6. The van der Waals surface area contributed by atoms with Crippen LogP contribution < -0.4 is 5.32 Å². The normalized spacial score (nSPS) is 20.2. The largest absolute Gasteiger partial charge is 0.351 e. The van der Waals surface area contributed by atoms with Gasteiger partial charge in [-0.05, 0) is 18.1 Å². The molecule has 1 atom stereocenters. The van der Waals surface area contributed by atoms with Gasteiger partial charge in [-0.25, -0.2) is 16.8 Å². The zero-order valence-electron chi connectivity index (χ0n) is 14.0. The van der Waals surface area contributed by atoms with Crippen LogP contribution in [0.1, 0.15) is 18.9 Å². The Labute approximate surface area is 148 Å². The maximum absolute atomic E-state index is 12.4. The van der Waals surface area contributed by atoms with E-state index in [1.54, 1.807) is 31.2 Å². The van der Waals surface area contributed by atoms with Crippen molar-refractivity contribution < 1.29 is 21.6 Å². The van der Waals surface area contributed by atoms with Gasteiger partial charge in [0.15, 0.2) is 9.84 Å². The molecule has 0 spiro atoms. The minimum absolute atomic E-state index is 0.0492. The summed E-state index contributed by atoms with van der Waals surface area (Å²) in [5.74, 6) is -0.542. The van der Waals surface area contributed by atoms with Gasteiger partial charge >= 0.3 is 0 Å². The fourth-order valence-corrected chi connectivity index (χ4v) is 5.37. The third-order valence-corrected chi connectivity index (χ3v) is 7.22. The first-order chi connectivity index (χ1) is 11.7. The number of carbonyl (C=O) groups is 1. The molecule has 25 heavy (non-hydrogen) atoms. The van der Waals surface area contributed by atoms with Gasteiger partial charge in [0.25, 0.3) is 0 Å². The van der Waals surface area contributed by atoms with Gasteiger partial charge in [0.2, 0.25) is 15.9 Å². The van der Waals surface area contributed by atoms with Crippen molar-refractivity contribution >= 4 is 31.8 Å². The first-order valence-corrected chi connectivity index (χ1v) is 11.3. The van der Waals surface area contributed by atoms with E-state index < -0.39 is 31.8 Å². The molecule has 1 aromatic rings. The molecule has 1 unspecified atom stereocenters. The Kier molecular flexibility index (Phi) is 6.36. The molecule has 1 fully saturated rings. The molecule has 9 heteroatoms. The summed E-state index contributed by atoms with van der Waals surface area (Å²) in [7, 11) is -6.85. The number of carbonyl (C=O) groups excluding carboxylic acids is 1. The maximum Gasteiger partial charge on any atom is 0.236 e. The highest BCUT2D eigenvalue weighted by atomic mass is 32.2. The number of likely N-dealkylation sites (N-methyl/N-ethyl adjacent to an activating group) is 1. The van der Waals surface area contributed by atoms with E-state index in [2.05, 4.69) is 5.32 Å². The minimum Gasteiger partial charge on any atom is -0.351 e. The second-order valence-corrected chi connectivity index (χ2v) is 9.90. The molecule has 2 rings (SSSR count). The number of sulfone groups is 1. The molecule has 1 aliphatic heterocycles. The van der Waals surface area contributed by atoms with E-state index in [0.29, 0.717) is 6.42 Å². The van der Waals surface area contributed by atoms with Crippen molar-refractivity contribution in [3.05, 3.63) is 41.3 Å². The highest BCUT2D eigenvalue weighted by Gasteiger charge is 2.30. The van der Waals surface area contributed by atoms with Gasteiger partial charge in [0, 0.05) is 18.0 Å². The van der Waals surface area contributed by atoms with Crippen molar-refractivity contribution in [2.45, 2.75) is 19.4 Å². The number of hydrogen-bond acceptors (Lipinski definition) is 5. The predicted octanol–water partition coefficient (Wildman–Crippen LogP) is 0.612. The third kappa shape index (κ3) is 5.94. The van der Waals surface area contributed by atoms with E-state index in [-0.39, 0.29) is 24.6 Å². The standard InChI is InChI=1S/C16H22N2O5S2/c1-2-18(12-16(19)17-15-9-10-24(20,21)13-15)25(22,23)11-8-14-6-4-3-5-7-14/h3-8,11,15H,2,9-10,12-13H2,1H3,(H,17,19)/b11-8+. The Bertz CT molecular complexity index is 833. The molecule has 1 heterocycles. The average molecular weight is 386 g/mol. The molecule has 1 aromatic carbocycles. The van der Waals surface area contributed by atoms with Crippen molar-refractivity contribution in [3.63, 3.8) is 0 Å². The van der Waals surface area contributed by atoms with Gasteiger partial charge in [0.1, 0.15) is 0 Å². The molecule has 1 saturated heterocycles. The zero-order chi connectivity index (χ0) is 18.5. The molecule has 0 bridgehead atoms. The van der Waals surface area contributed by atoms with Gasteiger partial charge in [-0.1, -0.05) is 37.3 Å². The van der Waals surface area contributed by atoms with Crippen molar-refractivity contribution in [2.75, 3.05) is 24.6 Å². The molecule has 1 N–H and O–H groups in total. The van der Waals surface area contributed by atoms with Gasteiger partial charge < -0.3 is 5.32 Å². The SMILES string of the molecule is CCN(CC(=O)NC1CCS(=O)(=O)C1)S(=O)(=O)/C=C/c1ccccc1. The van der Waals surface area contributed by atoms with Crippen LogP contribution in [0.15, 0.2) is 35.7 Å². The number of hydrogen-bond donors (Lipinski definition) is 1. The van der Waals surface area contributed by atoms with E-state index >= 15 is 0 Å². The second-order valence-electron chi connectivity index (χ2n) is 5.85. The lowest BCUT2D eigenvalue weighted by Crippen LogP contribution is -2.44. The van der Waals surface area contributed by atoms with Crippen LogP contribution in [0.5, 0.6) is 0 Å². The number of amides is 1. The summed E-state index contributed by atoms with van der Waals surface area (Å²) >= 11 is 0. The molecule has 7 nitrogen and oxygen atoms in total. The fourth-order valence-electron chi connectivity index (χ4n) is 2.54. The molecule has 138 valence electrons. The molecule has 0 saturated carbocycles. The lowest BCUT2D eigenvalue weighted by atomic mass is 10.2. The second kappa shape index (κ2) is 8.11. The van der Waals surface area contributed by atoms with Crippen LogP contribution in [0.4, 0.5) is 0 Å². The smallest absolute Gasteiger partial charge is 0.236 e. The average Bonchev–Trinajstić information content (AvgIpc) is 2.90. The van der Waals surface area contributed by atoms with Crippen LogP contribution in [0.3, 0.4) is 0 Å². The lowest BCUT2D eigenvalue weighted by Gasteiger charge is -2.19. The van der Waals surface area contributed by atoms with Crippen molar-refractivity contribution in [3.8, 4) is 0 Å². The molecule has 0 aromatic heterocycles. The van der Waals surface area contributed by atoms with E-state index in [1.165, 1.54) is 6.08 Å². The van der Waals surface area contributed by atoms with Crippen molar-refractivity contribution in [1.29, 1.82) is 0 Å². The van der Waals surface area contributed by atoms with Crippen LogP contribution in [0.2, 0.25) is 0 Å². The number of rotatable bonds is 7. The van der Waals surface area contributed by atoms with Crippen LogP contribution >= 0.6 is 0 Å². The van der Waals surface area contributed by atoms with Crippen LogP contribution in [0, 0.1) is 0 Å². The van der Waals surface area contributed by atoms with Gasteiger partial charge in [-0.2, -0.15) is 4.31 Å². The summed E-state index contributed by atoms with van der Waals surface area (Å²) in [5.41, 5.74) is 0.739. The summed E-state index contributed by atoms with van der Waals surface area (Å²) in [5, 5.41) is 3.67. The van der Waals surface area contributed by atoms with E-state index in [4.69, 9.17) is 0 Å². The number of nitrogens with zero attached hydrogens (tertiary/aromatic N) is 1. The molecular formula is C16H22N2O5S2. The van der Waals surface area contributed by atoms with Crippen LogP contribution in [-0.2, 0) is 24.7 Å². The maximum atomic E-state index is 12.4. The quantitative estimate of drug-likeness (QED) is 0.740. The van der Waals surface area contributed by atoms with E-state index in [1.807, 2.05) is 6.07 Å². The summed E-state index contributed by atoms with van der Waals surface area (Å²) in [6.07, 6.45) is 1.83. The van der Waals surface area contributed by atoms with Crippen LogP contribution in [-0.4, -0.2) is 57.7 Å². The molecule has 1 amide bonds. The fraction of sp³-hybridized carbons (Fsp3) is 0.438. The van der Waals surface area contributed by atoms with E-state index in [9.17, 15) is 21.6 Å². The monoisotopic (exact) mass is 386 g/mol. The summed E-state index contributed by atoms with van der Waals surface area (Å²) in [6.45, 7) is 1.44. The van der Waals surface area contributed by atoms with Gasteiger partial charge in [-0.3, -0.25) is 4.79 Å². The number of benzene rings is 1. The Morgan fingerprint density at radius 2 is 2.00 bits per heavy atom. The van der Waals surface area contributed by atoms with Gasteiger partial charge in [-0.15, -0.1) is 0 Å². The molecule has 0 radical (unpaired) electrons. The minimum atomic E-state index is -3.75. The summed E-state index contributed by atoms with van der Waals surface area (Å²) in [6, 6.07) is 8.53. The Morgan fingerprint density at radius 3 is 2.56 bits per heavy atom. The highest BCUT2D eigenvalue weighted by Crippen LogP contribution is 2.12. The van der Waals surface area contributed by atoms with Gasteiger partial charge in [0.05, 0.1) is 18.1 Å². The topological polar surface area (TPSA) is 101 Å². The van der Waals surface area contributed by atoms with Crippen LogP contribution in [0.25, 0.3) is 6.08 Å². The molecule has 0 aliphatic carbocycles. The zero-order valence-corrected chi connectivity index (χ0v) is 15.6.